The van der Waals surface area contributed by atoms with Crippen molar-refractivity contribution in [2.24, 2.45) is 0 Å². The van der Waals surface area contributed by atoms with Crippen LogP contribution in [0.15, 0.2) is 54.1 Å². The molecule has 4 aliphatic rings. The number of H-pyrrole nitrogens is 1. The maximum absolute atomic E-state index is 13.1. The molecule has 3 amide bonds. The predicted octanol–water partition coefficient (Wildman–Crippen LogP) is 4.49. The highest BCUT2D eigenvalue weighted by molar-refractivity contribution is 6.04. The lowest BCUT2D eigenvalue weighted by Crippen LogP contribution is -2.55. The van der Waals surface area contributed by atoms with Gasteiger partial charge in [0.1, 0.15) is 5.82 Å². The summed E-state index contributed by atoms with van der Waals surface area (Å²) in [6, 6.07) is 8.69. The Hall–Kier alpha value is -3.68. The summed E-state index contributed by atoms with van der Waals surface area (Å²) in [6.07, 6.45) is 12.9. The van der Waals surface area contributed by atoms with Gasteiger partial charge in [-0.25, -0.2) is 9.78 Å². The number of aromatic nitrogens is 3. The zero-order valence-corrected chi connectivity index (χ0v) is 22.0. The highest BCUT2D eigenvalue weighted by Gasteiger charge is 2.36. The molecule has 6 rings (SSSR count). The average Bonchev–Trinajstić information content (AvgIpc) is 3.70. The highest BCUT2D eigenvalue weighted by atomic mass is 16.2. The lowest BCUT2D eigenvalue weighted by molar-refractivity contribution is -0.117. The van der Waals surface area contributed by atoms with Crippen molar-refractivity contribution in [2.45, 2.75) is 56.8 Å². The van der Waals surface area contributed by atoms with Gasteiger partial charge < -0.3 is 15.1 Å². The number of aromatic amines is 1. The Morgan fingerprint density at radius 2 is 1.74 bits per heavy atom. The number of nitrogens with one attached hydrogen (secondary N) is 2. The molecular formula is C30H36N6O2. The van der Waals surface area contributed by atoms with Crippen LogP contribution in [0.1, 0.15) is 79.6 Å². The van der Waals surface area contributed by atoms with Crippen molar-refractivity contribution in [1.82, 2.24) is 30.3 Å². The normalized spacial score (nSPS) is 20.4. The van der Waals surface area contributed by atoms with Crippen LogP contribution < -0.4 is 5.32 Å². The summed E-state index contributed by atoms with van der Waals surface area (Å²) in [5.74, 6) is 3.21. The first-order chi connectivity index (χ1) is 18.6. The lowest BCUT2D eigenvalue weighted by atomic mass is 9.89. The largest absolute Gasteiger partial charge is 0.352 e. The molecule has 8 nitrogen and oxygen atoms in total. The van der Waals surface area contributed by atoms with E-state index in [1.807, 2.05) is 35.0 Å². The van der Waals surface area contributed by atoms with Crippen LogP contribution in [-0.2, 0) is 4.79 Å². The third-order valence-electron chi connectivity index (χ3n) is 8.24. The van der Waals surface area contributed by atoms with E-state index in [1.54, 1.807) is 0 Å². The molecule has 0 bridgehead atoms. The molecular weight excluding hydrogens is 476 g/mol. The first-order valence-electron chi connectivity index (χ1n) is 14.0. The van der Waals surface area contributed by atoms with E-state index in [-0.39, 0.29) is 11.9 Å². The molecule has 8 heteroatoms. The van der Waals surface area contributed by atoms with Crippen molar-refractivity contribution in [3.8, 4) is 0 Å². The van der Waals surface area contributed by atoms with E-state index in [0.717, 1.165) is 73.8 Å². The number of nitrogens with zero attached hydrogens (tertiary/aromatic N) is 4. The van der Waals surface area contributed by atoms with Gasteiger partial charge in [-0.15, -0.1) is 0 Å². The smallest absolute Gasteiger partial charge is 0.320 e. The number of hydrogen-bond acceptors (Lipinski definition) is 4. The van der Waals surface area contributed by atoms with Crippen LogP contribution in [0, 0.1) is 0 Å². The Morgan fingerprint density at radius 3 is 2.45 bits per heavy atom. The van der Waals surface area contributed by atoms with Gasteiger partial charge >= 0.3 is 6.03 Å². The van der Waals surface area contributed by atoms with Crippen LogP contribution in [0.4, 0.5) is 4.79 Å². The Bertz CT molecular complexity index is 1270. The van der Waals surface area contributed by atoms with E-state index in [1.165, 1.54) is 18.4 Å². The lowest BCUT2D eigenvalue weighted by Gasteiger charge is -2.43. The third-order valence-corrected chi connectivity index (χ3v) is 8.24. The molecule has 1 aromatic carbocycles. The monoisotopic (exact) mass is 512 g/mol. The number of carbonyl (C=O) groups is 2. The zero-order valence-electron chi connectivity index (χ0n) is 22.0. The van der Waals surface area contributed by atoms with Gasteiger partial charge in [0.25, 0.3) is 5.91 Å². The molecule has 2 saturated heterocycles. The molecule has 198 valence electrons. The second-order valence-electron chi connectivity index (χ2n) is 10.9. The molecule has 2 aromatic rings. The van der Waals surface area contributed by atoms with Crippen LogP contribution in [0.2, 0.25) is 0 Å². The van der Waals surface area contributed by atoms with Crippen molar-refractivity contribution in [2.75, 3.05) is 32.7 Å². The molecule has 2 aliphatic heterocycles. The van der Waals surface area contributed by atoms with E-state index in [2.05, 4.69) is 45.9 Å². The first-order valence-corrected chi connectivity index (χ1v) is 14.0. The van der Waals surface area contributed by atoms with Crippen molar-refractivity contribution in [1.29, 1.82) is 0 Å². The Labute approximate surface area is 223 Å². The quantitative estimate of drug-likeness (QED) is 0.597. The summed E-state index contributed by atoms with van der Waals surface area (Å²) in [5.41, 5.74) is 4.07. The van der Waals surface area contributed by atoms with E-state index in [9.17, 15) is 9.59 Å². The van der Waals surface area contributed by atoms with Gasteiger partial charge in [-0.05, 0) is 61.8 Å². The first kappa shape index (κ1) is 24.6. The third kappa shape index (κ3) is 5.04. The van der Waals surface area contributed by atoms with Gasteiger partial charge in [0.15, 0.2) is 5.82 Å². The summed E-state index contributed by atoms with van der Waals surface area (Å²) in [4.78, 5) is 34.4. The minimum absolute atomic E-state index is 0.0347. The fraction of sp³-hybridized carbons (Fsp3) is 0.467. The number of urea groups is 1. The van der Waals surface area contributed by atoms with Crippen LogP contribution in [-0.4, -0.2) is 69.6 Å². The summed E-state index contributed by atoms with van der Waals surface area (Å²) < 4.78 is 0. The van der Waals surface area contributed by atoms with Crippen LogP contribution in [0.3, 0.4) is 0 Å². The molecule has 38 heavy (non-hydrogen) atoms. The molecule has 0 unspecified atom stereocenters. The summed E-state index contributed by atoms with van der Waals surface area (Å²) in [7, 11) is 0. The minimum Gasteiger partial charge on any atom is -0.352 e. The molecule has 2 aliphatic carbocycles. The van der Waals surface area contributed by atoms with E-state index < -0.39 is 0 Å². The number of likely N-dealkylation sites (N-methyl/N-ethyl adjacent to an activating group) is 1. The molecule has 1 aromatic heterocycles. The Morgan fingerprint density at radius 1 is 0.974 bits per heavy atom. The van der Waals surface area contributed by atoms with Gasteiger partial charge in [-0.3, -0.25) is 9.89 Å². The molecule has 2 N–H and O–H groups in total. The maximum Gasteiger partial charge on any atom is 0.320 e. The van der Waals surface area contributed by atoms with Crippen molar-refractivity contribution in [3.63, 3.8) is 0 Å². The van der Waals surface area contributed by atoms with Crippen molar-refractivity contribution < 1.29 is 9.59 Å². The number of allylic oxidation sites excluding steroid dienone is 4. The van der Waals surface area contributed by atoms with E-state index in [0.29, 0.717) is 24.3 Å². The predicted molar refractivity (Wildman–Crippen MR) is 147 cm³/mol. The molecule has 3 fully saturated rings. The highest BCUT2D eigenvalue weighted by Crippen LogP contribution is 2.39. The number of rotatable bonds is 6. The molecule has 3 heterocycles. The minimum atomic E-state index is -0.0347. The van der Waals surface area contributed by atoms with Gasteiger partial charge in [0.05, 0.1) is 0 Å². The van der Waals surface area contributed by atoms with Crippen LogP contribution in [0.25, 0.3) is 5.57 Å². The number of benzene rings is 1. The molecule has 0 atom stereocenters. The molecule has 0 radical (unpaired) electrons. The Kier molecular flexibility index (Phi) is 6.87. The summed E-state index contributed by atoms with van der Waals surface area (Å²) in [5, 5.41) is 10.5. The number of amides is 3. The molecule has 1 saturated carbocycles. The average molecular weight is 513 g/mol. The second kappa shape index (κ2) is 10.6. The van der Waals surface area contributed by atoms with Gasteiger partial charge in [-0.1, -0.05) is 42.5 Å². The van der Waals surface area contributed by atoms with Gasteiger partial charge in [-0.2, -0.15) is 5.10 Å². The topological polar surface area (TPSA) is 94.2 Å². The number of carbonyl (C=O) groups excluding carboxylic acids is 2. The van der Waals surface area contributed by atoms with E-state index in [4.69, 9.17) is 4.98 Å². The second-order valence-corrected chi connectivity index (χ2v) is 10.9. The van der Waals surface area contributed by atoms with Crippen LogP contribution >= 0.6 is 0 Å². The summed E-state index contributed by atoms with van der Waals surface area (Å²) >= 11 is 0. The van der Waals surface area contributed by atoms with E-state index >= 15 is 0 Å². The van der Waals surface area contributed by atoms with Gasteiger partial charge in [0.2, 0.25) is 0 Å². The van der Waals surface area contributed by atoms with Crippen LogP contribution in [0.5, 0.6) is 0 Å². The SMILES string of the molecule is CCNC(=O)C1=C(c2ccc(C3CN(C(=O)N4CCC(c5nc(C6CC6)n[nH]5)CC4)C3)cc2)CC=CC=C1. The summed E-state index contributed by atoms with van der Waals surface area (Å²) in [6.45, 7) is 5.58. The van der Waals surface area contributed by atoms with Gasteiger partial charge in [0, 0.05) is 56.1 Å². The maximum atomic E-state index is 13.1. The van der Waals surface area contributed by atoms with Crippen molar-refractivity contribution >= 4 is 17.5 Å². The number of likely N-dealkylation sites (tertiary alicyclic amines) is 2. The Balaban J connectivity index is 1.03. The molecule has 0 spiro atoms. The zero-order chi connectivity index (χ0) is 26.1. The number of hydrogen-bond donors (Lipinski definition) is 2. The standard InChI is InChI=1S/C30H36N6O2/c1-2-31-29(37)26-7-5-3-4-6-25(26)21-10-8-20(9-11-21)24-18-36(19-24)30(38)35-16-14-23(15-17-35)28-32-27(33-34-28)22-12-13-22/h3-5,7-11,22-24H,2,6,12-19H2,1H3,(H,31,37)(H,32,33,34). The van der Waals surface area contributed by atoms with Crippen molar-refractivity contribution in [3.05, 3.63) is 76.9 Å². The number of piperidine rings is 1. The fourth-order valence-electron chi connectivity index (χ4n) is 5.71. The fourth-order valence-corrected chi connectivity index (χ4v) is 5.71.